The summed E-state index contributed by atoms with van der Waals surface area (Å²) in [5.41, 5.74) is 5.83. The van der Waals surface area contributed by atoms with Gasteiger partial charge in [0.05, 0.1) is 0 Å². The highest BCUT2D eigenvalue weighted by Crippen LogP contribution is 2.29. The minimum atomic E-state index is 0.419. The Balaban J connectivity index is 2.32. The van der Waals surface area contributed by atoms with Crippen LogP contribution in [0.4, 0.5) is 0 Å². The monoisotopic (exact) mass is 141 g/mol. The van der Waals surface area contributed by atoms with Crippen LogP contribution in [0, 0.1) is 11.8 Å². The summed E-state index contributed by atoms with van der Waals surface area (Å²) in [6.07, 6.45) is 5.54. The van der Waals surface area contributed by atoms with Crippen molar-refractivity contribution in [1.82, 2.24) is 0 Å². The van der Waals surface area contributed by atoms with Crippen LogP contribution in [0.3, 0.4) is 0 Å². The Hall–Kier alpha value is -0.0400. The molecular weight excluding hydrogens is 122 g/mol. The maximum Gasteiger partial charge on any atom is 0.00388 e. The Labute approximate surface area is 64.0 Å². The van der Waals surface area contributed by atoms with Crippen LogP contribution in [-0.4, -0.2) is 6.04 Å². The molecule has 1 aliphatic carbocycles. The van der Waals surface area contributed by atoms with Crippen LogP contribution in [0.1, 0.15) is 39.5 Å². The molecule has 1 nitrogen and oxygen atoms in total. The van der Waals surface area contributed by atoms with E-state index in [0.717, 1.165) is 11.8 Å². The molecule has 3 atom stereocenters. The fourth-order valence-electron chi connectivity index (χ4n) is 1.96. The molecule has 0 saturated heterocycles. The molecule has 0 aromatic carbocycles. The molecule has 0 unspecified atom stereocenters. The average molecular weight is 141 g/mol. The second-order valence-corrected chi connectivity index (χ2v) is 3.89. The van der Waals surface area contributed by atoms with Crippen LogP contribution in [0.2, 0.25) is 0 Å². The summed E-state index contributed by atoms with van der Waals surface area (Å²) in [6.45, 7) is 4.48. The van der Waals surface area contributed by atoms with Gasteiger partial charge < -0.3 is 5.73 Å². The third kappa shape index (κ3) is 1.98. The fourth-order valence-corrected chi connectivity index (χ4v) is 1.96. The zero-order chi connectivity index (χ0) is 7.56. The first-order valence-electron chi connectivity index (χ1n) is 4.45. The van der Waals surface area contributed by atoms with Gasteiger partial charge in [0.1, 0.15) is 0 Å². The molecule has 1 heteroatoms. The van der Waals surface area contributed by atoms with E-state index in [0.29, 0.717) is 6.04 Å². The van der Waals surface area contributed by atoms with E-state index in [9.17, 15) is 0 Å². The van der Waals surface area contributed by atoms with E-state index in [1.54, 1.807) is 0 Å². The predicted molar refractivity (Wildman–Crippen MR) is 44.8 cm³/mol. The zero-order valence-electron chi connectivity index (χ0n) is 7.14. The van der Waals surface area contributed by atoms with Crippen LogP contribution < -0.4 is 5.73 Å². The van der Waals surface area contributed by atoms with Crippen molar-refractivity contribution in [2.75, 3.05) is 0 Å². The van der Waals surface area contributed by atoms with Gasteiger partial charge in [-0.15, -0.1) is 0 Å². The molecule has 10 heavy (non-hydrogen) atoms. The van der Waals surface area contributed by atoms with Crippen LogP contribution in [0.15, 0.2) is 0 Å². The second-order valence-electron chi connectivity index (χ2n) is 3.89. The zero-order valence-corrected chi connectivity index (χ0v) is 7.14. The lowest BCUT2D eigenvalue weighted by Gasteiger charge is -2.29. The van der Waals surface area contributed by atoms with Crippen molar-refractivity contribution in [3.63, 3.8) is 0 Å². The quantitative estimate of drug-likeness (QED) is 0.595. The van der Waals surface area contributed by atoms with Gasteiger partial charge in [-0.05, 0) is 31.6 Å². The predicted octanol–water partition coefficient (Wildman–Crippen LogP) is 2.16. The van der Waals surface area contributed by atoms with Crippen LogP contribution in [0.5, 0.6) is 0 Å². The van der Waals surface area contributed by atoms with Crippen molar-refractivity contribution >= 4 is 0 Å². The summed E-state index contributed by atoms with van der Waals surface area (Å²) >= 11 is 0. The summed E-state index contributed by atoms with van der Waals surface area (Å²) in [5, 5.41) is 0. The third-order valence-electron chi connectivity index (χ3n) is 2.72. The molecule has 1 aliphatic rings. The number of nitrogens with two attached hydrogens (primary N) is 1. The van der Waals surface area contributed by atoms with Crippen LogP contribution in [0.25, 0.3) is 0 Å². The van der Waals surface area contributed by atoms with Gasteiger partial charge in [0.15, 0.2) is 0 Å². The third-order valence-corrected chi connectivity index (χ3v) is 2.72. The van der Waals surface area contributed by atoms with Gasteiger partial charge in [-0.1, -0.05) is 19.8 Å². The molecule has 0 aliphatic heterocycles. The van der Waals surface area contributed by atoms with E-state index in [4.69, 9.17) is 5.73 Å². The molecule has 2 N–H and O–H groups in total. The van der Waals surface area contributed by atoms with Gasteiger partial charge in [0.25, 0.3) is 0 Å². The number of hydrogen-bond acceptors (Lipinski definition) is 1. The molecule has 0 bridgehead atoms. The number of hydrogen-bond donors (Lipinski definition) is 1. The van der Waals surface area contributed by atoms with Crippen LogP contribution >= 0.6 is 0 Å². The van der Waals surface area contributed by atoms with E-state index in [1.807, 2.05) is 0 Å². The normalized spacial score (nSPS) is 37.5. The summed E-state index contributed by atoms with van der Waals surface area (Å²) < 4.78 is 0. The highest BCUT2D eigenvalue weighted by atomic mass is 14.6. The molecule has 0 radical (unpaired) electrons. The Kier molecular flexibility index (Phi) is 2.72. The fraction of sp³-hybridized carbons (Fsp3) is 1.00. The molecule has 1 saturated carbocycles. The first-order valence-corrected chi connectivity index (χ1v) is 4.45. The molecule has 0 aromatic heterocycles. The van der Waals surface area contributed by atoms with E-state index < -0.39 is 0 Å². The molecule has 0 spiro atoms. The Morgan fingerprint density at radius 3 is 2.50 bits per heavy atom. The van der Waals surface area contributed by atoms with Crippen molar-refractivity contribution in [3.05, 3.63) is 0 Å². The van der Waals surface area contributed by atoms with Crippen molar-refractivity contribution < 1.29 is 0 Å². The molecule has 0 heterocycles. The lowest BCUT2D eigenvalue weighted by molar-refractivity contribution is 0.254. The van der Waals surface area contributed by atoms with Crippen molar-refractivity contribution in [2.24, 2.45) is 17.6 Å². The van der Waals surface area contributed by atoms with E-state index >= 15 is 0 Å². The summed E-state index contributed by atoms with van der Waals surface area (Å²) in [6, 6.07) is 0.419. The van der Waals surface area contributed by atoms with Gasteiger partial charge in [-0.2, -0.15) is 0 Å². The first kappa shape index (κ1) is 8.06. The van der Waals surface area contributed by atoms with Crippen molar-refractivity contribution in [1.29, 1.82) is 0 Å². The summed E-state index contributed by atoms with van der Waals surface area (Å²) in [4.78, 5) is 0. The Morgan fingerprint density at radius 2 is 2.10 bits per heavy atom. The van der Waals surface area contributed by atoms with Crippen LogP contribution in [-0.2, 0) is 0 Å². The minimum Gasteiger partial charge on any atom is -0.328 e. The highest BCUT2D eigenvalue weighted by Gasteiger charge is 2.21. The largest absolute Gasteiger partial charge is 0.328 e. The molecule has 0 amide bonds. The average Bonchev–Trinajstić information content (AvgIpc) is 1.88. The maximum absolute atomic E-state index is 5.83. The van der Waals surface area contributed by atoms with Gasteiger partial charge in [-0.3, -0.25) is 0 Å². The smallest absolute Gasteiger partial charge is 0.00388 e. The topological polar surface area (TPSA) is 26.0 Å². The maximum atomic E-state index is 5.83. The van der Waals surface area contributed by atoms with Gasteiger partial charge >= 0.3 is 0 Å². The molecule has 60 valence electrons. The SMILES string of the molecule is C[C@H]1CCC[C@@H]([C@@H](C)N)C1. The highest BCUT2D eigenvalue weighted by molar-refractivity contribution is 4.75. The summed E-state index contributed by atoms with van der Waals surface area (Å²) in [7, 11) is 0. The second kappa shape index (κ2) is 3.38. The van der Waals surface area contributed by atoms with Gasteiger partial charge in [0.2, 0.25) is 0 Å². The van der Waals surface area contributed by atoms with E-state index in [2.05, 4.69) is 13.8 Å². The molecular formula is C9H19N. The lowest BCUT2D eigenvalue weighted by atomic mass is 9.79. The Bertz CT molecular complexity index is 98.9. The Morgan fingerprint density at radius 1 is 1.40 bits per heavy atom. The van der Waals surface area contributed by atoms with E-state index in [1.165, 1.54) is 25.7 Å². The standard InChI is InChI=1S/C9H19N/c1-7-4-3-5-9(6-7)8(2)10/h7-9H,3-6,10H2,1-2H3/t7-,8+,9+/m0/s1. The van der Waals surface area contributed by atoms with Gasteiger partial charge in [0, 0.05) is 6.04 Å². The molecule has 1 fully saturated rings. The molecule has 0 aromatic rings. The van der Waals surface area contributed by atoms with Crippen molar-refractivity contribution in [2.45, 2.75) is 45.6 Å². The van der Waals surface area contributed by atoms with Gasteiger partial charge in [-0.25, -0.2) is 0 Å². The summed E-state index contributed by atoms with van der Waals surface area (Å²) in [5.74, 6) is 1.73. The molecule has 1 rings (SSSR count). The minimum absolute atomic E-state index is 0.419. The van der Waals surface area contributed by atoms with Crippen molar-refractivity contribution in [3.8, 4) is 0 Å². The lowest BCUT2D eigenvalue weighted by Crippen LogP contribution is -2.30. The number of rotatable bonds is 1. The first-order chi connectivity index (χ1) is 4.70. The van der Waals surface area contributed by atoms with E-state index in [-0.39, 0.29) is 0 Å².